The SMILES string of the molecule is Nc1ncc(-c2cc([C@H]3[C@@H]4CC(N5CCOCC5)C[C@@H]43)n(CC3CCC3)n2)cc1OC(F)F. The molecule has 0 radical (unpaired) electrons. The number of alkyl halides is 2. The number of ether oxygens (including phenoxy) is 2. The number of rotatable bonds is 7. The molecule has 178 valence electrons. The van der Waals surface area contributed by atoms with Crippen molar-refractivity contribution in [1.29, 1.82) is 0 Å². The van der Waals surface area contributed by atoms with Crippen molar-refractivity contribution in [3.63, 3.8) is 0 Å². The maximum absolute atomic E-state index is 12.8. The molecule has 6 rings (SSSR count). The molecular weight excluding hydrogens is 428 g/mol. The number of pyridine rings is 1. The molecule has 4 aliphatic rings. The van der Waals surface area contributed by atoms with Crippen molar-refractivity contribution in [2.45, 2.75) is 57.2 Å². The van der Waals surface area contributed by atoms with E-state index >= 15 is 0 Å². The van der Waals surface area contributed by atoms with E-state index in [1.165, 1.54) is 43.9 Å². The molecule has 0 spiro atoms. The molecule has 4 fully saturated rings. The summed E-state index contributed by atoms with van der Waals surface area (Å²) in [5, 5.41) is 4.92. The van der Waals surface area contributed by atoms with E-state index in [0.717, 1.165) is 38.5 Å². The van der Waals surface area contributed by atoms with Gasteiger partial charge in [-0.15, -0.1) is 0 Å². The zero-order chi connectivity index (χ0) is 22.5. The van der Waals surface area contributed by atoms with Crippen LogP contribution in [0.4, 0.5) is 14.6 Å². The highest BCUT2D eigenvalue weighted by Gasteiger charge is 2.58. The topological polar surface area (TPSA) is 78.4 Å². The molecule has 2 aromatic heterocycles. The lowest BCUT2D eigenvalue weighted by Gasteiger charge is -2.33. The number of halogens is 2. The number of nitrogens with zero attached hydrogens (tertiary/aromatic N) is 4. The Labute approximate surface area is 192 Å². The Morgan fingerprint density at radius 1 is 1.15 bits per heavy atom. The molecule has 3 heterocycles. The van der Waals surface area contributed by atoms with E-state index in [0.29, 0.717) is 35.3 Å². The van der Waals surface area contributed by atoms with Gasteiger partial charge in [0.1, 0.15) is 0 Å². The molecule has 0 bridgehead atoms. The Kier molecular flexibility index (Phi) is 5.49. The van der Waals surface area contributed by atoms with Gasteiger partial charge < -0.3 is 15.2 Å². The summed E-state index contributed by atoms with van der Waals surface area (Å²) in [5.41, 5.74) is 8.44. The van der Waals surface area contributed by atoms with Crippen LogP contribution in [0, 0.1) is 17.8 Å². The van der Waals surface area contributed by atoms with E-state index < -0.39 is 6.61 Å². The summed E-state index contributed by atoms with van der Waals surface area (Å²) >= 11 is 0. The van der Waals surface area contributed by atoms with Gasteiger partial charge in [-0.2, -0.15) is 13.9 Å². The van der Waals surface area contributed by atoms with Crippen molar-refractivity contribution < 1.29 is 18.3 Å². The number of anilines is 1. The number of fused-ring (bicyclic) bond motifs is 1. The standard InChI is InChI=1S/C24H31F2N5O2/c25-24(26)33-21-8-15(12-28-23(21)27)19-11-20(31(29-19)13-14-2-1-3-14)22-17-9-16(10-18(17)22)30-4-6-32-7-5-30/h8,11-12,14,16-18,22,24H,1-7,9-10,13H2,(H2,27,28)/t16?,17-,18+,22+. The van der Waals surface area contributed by atoms with Gasteiger partial charge in [-0.05, 0) is 55.6 Å². The van der Waals surface area contributed by atoms with Crippen LogP contribution in [0.2, 0.25) is 0 Å². The maximum atomic E-state index is 12.8. The van der Waals surface area contributed by atoms with Crippen LogP contribution in [0.5, 0.6) is 5.75 Å². The molecule has 0 amide bonds. The predicted molar refractivity (Wildman–Crippen MR) is 119 cm³/mol. The van der Waals surface area contributed by atoms with Gasteiger partial charge in [0, 0.05) is 49.0 Å². The summed E-state index contributed by atoms with van der Waals surface area (Å²) in [4.78, 5) is 6.68. The fourth-order valence-corrected chi connectivity index (χ4v) is 6.18. The van der Waals surface area contributed by atoms with Gasteiger partial charge in [0.2, 0.25) is 0 Å². The van der Waals surface area contributed by atoms with Gasteiger partial charge in [-0.1, -0.05) is 6.42 Å². The van der Waals surface area contributed by atoms with Crippen molar-refractivity contribution >= 4 is 5.82 Å². The second kappa shape index (κ2) is 8.51. The molecule has 2 N–H and O–H groups in total. The fourth-order valence-electron chi connectivity index (χ4n) is 6.18. The average molecular weight is 460 g/mol. The van der Waals surface area contributed by atoms with E-state index in [1.807, 2.05) is 0 Å². The molecule has 9 heteroatoms. The Hall–Kier alpha value is -2.26. The van der Waals surface area contributed by atoms with E-state index in [9.17, 15) is 8.78 Å². The maximum Gasteiger partial charge on any atom is 0.387 e. The van der Waals surface area contributed by atoms with Gasteiger partial charge in [-0.3, -0.25) is 9.58 Å². The number of morpholine rings is 1. The zero-order valence-electron chi connectivity index (χ0n) is 18.7. The molecule has 1 aliphatic heterocycles. The normalized spacial score (nSPS) is 29.8. The highest BCUT2D eigenvalue weighted by Crippen LogP contribution is 2.64. The van der Waals surface area contributed by atoms with Gasteiger partial charge in [-0.25, -0.2) is 4.98 Å². The molecule has 3 saturated carbocycles. The van der Waals surface area contributed by atoms with Crippen molar-refractivity contribution in [1.82, 2.24) is 19.7 Å². The van der Waals surface area contributed by atoms with Gasteiger partial charge in [0.25, 0.3) is 0 Å². The van der Waals surface area contributed by atoms with Crippen molar-refractivity contribution in [3.05, 3.63) is 24.0 Å². The van der Waals surface area contributed by atoms with Crippen LogP contribution in [0.25, 0.3) is 11.3 Å². The Balaban J connectivity index is 1.23. The van der Waals surface area contributed by atoms with Crippen molar-refractivity contribution in [2.24, 2.45) is 17.8 Å². The molecule has 2 aromatic rings. The molecular formula is C24H31F2N5O2. The molecule has 7 nitrogen and oxygen atoms in total. The van der Waals surface area contributed by atoms with Crippen molar-refractivity contribution in [3.8, 4) is 17.0 Å². The predicted octanol–water partition coefficient (Wildman–Crippen LogP) is 3.75. The minimum atomic E-state index is -2.94. The molecule has 1 unspecified atom stereocenters. The Morgan fingerprint density at radius 3 is 2.58 bits per heavy atom. The summed E-state index contributed by atoms with van der Waals surface area (Å²) in [6.07, 6.45) is 7.88. The first-order valence-electron chi connectivity index (χ1n) is 12.2. The van der Waals surface area contributed by atoms with E-state index in [-0.39, 0.29) is 11.6 Å². The third kappa shape index (κ3) is 4.10. The zero-order valence-corrected chi connectivity index (χ0v) is 18.7. The van der Waals surface area contributed by atoms with Crippen LogP contribution in [-0.4, -0.2) is 58.6 Å². The Morgan fingerprint density at radius 2 is 1.91 bits per heavy atom. The molecule has 4 atom stereocenters. The van der Waals surface area contributed by atoms with Gasteiger partial charge in [0.05, 0.1) is 18.9 Å². The summed E-state index contributed by atoms with van der Waals surface area (Å²) < 4.78 is 37.8. The molecule has 1 saturated heterocycles. The summed E-state index contributed by atoms with van der Waals surface area (Å²) in [6.45, 7) is 1.78. The second-order valence-electron chi connectivity index (χ2n) is 10.0. The average Bonchev–Trinajstić information content (AvgIpc) is 3.12. The number of nitrogens with two attached hydrogens (primary N) is 1. The quantitative estimate of drug-likeness (QED) is 0.680. The van der Waals surface area contributed by atoms with Crippen LogP contribution < -0.4 is 10.5 Å². The number of hydrogen-bond acceptors (Lipinski definition) is 6. The highest BCUT2D eigenvalue weighted by atomic mass is 19.3. The van der Waals surface area contributed by atoms with E-state index in [1.54, 1.807) is 6.20 Å². The van der Waals surface area contributed by atoms with E-state index in [2.05, 4.69) is 25.4 Å². The number of aromatic nitrogens is 3. The first-order chi connectivity index (χ1) is 16.1. The second-order valence-corrected chi connectivity index (χ2v) is 10.0. The first kappa shape index (κ1) is 21.3. The molecule has 3 aliphatic carbocycles. The fraction of sp³-hybridized carbons (Fsp3) is 0.667. The highest BCUT2D eigenvalue weighted by molar-refractivity contribution is 5.64. The summed E-state index contributed by atoms with van der Waals surface area (Å²) in [7, 11) is 0. The van der Waals surface area contributed by atoms with Crippen LogP contribution in [-0.2, 0) is 11.3 Å². The third-order valence-electron chi connectivity index (χ3n) is 8.18. The third-order valence-corrected chi connectivity index (χ3v) is 8.18. The van der Waals surface area contributed by atoms with E-state index in [4.69, 9.17) is 15.6 Å². The minimum absolute atomic E-state index is 0.0425. The first-order valence-corrected chi connectivity index (χ1v) is 12.2. The lowest BCUT2D eigenvalue weighted by molar-refractivity contribution is -0.0494. The minimum Gasteiger partial charge on any atom is -0.431 e. The summed E-state index contributed by atoms with van der Waals surface area (Å²) in [6, 6.07) is 4.35. The van der Waals surface area contributed by atoms with Crippen molar-refractivity contribution in [2.75, 3.05) is 32.0 Å². The summed E-state index contributed by atoms with van der Waals surface area (Å²) in [5.74, 6) is 2.50. The largest absolute Gasteiger partial charge is 0.431 e. The smallest absolute Gasteiger partial charge is 0.387 e. The van der Waals surface area contributed by atoms with Crippen LogP contribution in [0.1, 0.15) is 43.7 Å². The van der Waals surface area contributed by atoms with Gasteiger partial charge >= 0.3 is 6.61 Å². The lowest BCUT2D eigenvalue weighted by Crippen LogP contribution is -2.43. The number of hydrogen-bond donors (Lipinski definition) is 1. The van der Waals surface area contributed by atoms with Crippen LogP contribution >= 0.6 is 0 Å². The lowest BCUT2D eigenvalue weighted by atomic mass is 9.85. The van der Waals surface area contributed by atoms with Crippen LogP contribution in [0.3, 0.4) is 0 Å². The number of nitrogen functional groups attached to an aromatic ring is 1. The molecule has 0 aromatic carbocycles. The Bertz CT molecular complexity index is 993. The molecule has 33 heavy (non-hydrogen) atoms. The monoisotopic (exact) mass is 459 g/mol. The van der Waals surface area contributed by atoms with Crippen LogP contribution in [0.15, 0.2) is 18.3 Å². The van der Waals surface area contributed by atoms with Gasteiger partial charge in [0.15, 0.2) is 11.6 Å².